The summed E-state index contributed by atoms with van der Waals surface area (Å²) in [5.41, 5.74) is 2.18. The second-order valence-corrected chi connectivity index (χ2v) is 4.65. The highest BCUT2D eigenvalue weighted by Crippen LogP contribution is 2.21. The second-order valence-electron chi connectivity index (χ2n) is 4.65. The van der Waals surface area contributed by atoms with E-state index in [1.54, 1.807) is 0 Å². The molecule has 0 aliphatic carbocycles. The summed E-state index contributed by atoms with van der Waals surface area (Å²) in [4.78, 5) is 4.51. The number of imidazole rings is 1. The van der Waals surface area contributed by atoms with E-state index >= 15 is 0 Å². The number of H-pyrrole nitrogens is 2. The van der Waals surface area contributed by atoms with Crippen LogP contribution in [-0.2, 0) is 6.42 Å². The zero-order valence-corrected chi connectivity index (χ0v) is 11.1. The molecule has 110 valence electrons. The molecular weight excluding hydrogens is 288 g/mol. The van der Waals surface area contributed by atoms with E-state index in [0.717, 1.165) is 5.56 Å². The third-order valence-corrected chi connectivity index (χ3v) is 3.24. The van der Waals surface area contributed by atoms with E-state index in [1.807, 2.05) is 28.9 Å². The lowest BCUT2D eigenvalue weighted by Gasteiger charge is -2.07. The topological polar surface area (TPSA) is 146 Å². The number of aliphatic hydroxyl groups is 1. The Kier molecular flexibility index (Phi) is 2.83. The maximum absolute atomic E-state index is 10.2. The first kappa shape index (κ1) is 12.5. The molecule has 4 rings (SSSR count). The van der Waals surface area contributed by atoms with Gasteiger partial charge in [0, 0.05) is 18.8 Å². The average Bonchev–Trinajstić information content (AvgIpc) is 3.27. The van der Waals surface area contributed by atoms with Gasteiger partial charge in [0.25, 0.3) is 0 Å². The van der Waals surface area contributed by atoms with Crippen molar-refractivity contribution in [1.82, 2.24) is 50.6 Å². The number of nitrogens with one attached hydrogen (secondary N) is 2. The van der Waals surface area contributed by atoms with Crippen molar-refractivity contribution in [2.24, 2.45) is 0 Å². The van der Waals surface area contributed by atoms with Crippen LogP contribution >= 0.6 is 0 Å². The van der Waals surface area contributed by atoms with Gasteiger partial charge in [-0.25, -0.2) is 15.2 Å². The highest BCUT2D eigenvalue weighted by molar-refractivity contribution is 5.58. The summed E-state index contributed by atoms with van der Waals surface area (Å²) < 4.78 is 1.85. The van der Waals surface area contributed by atoms with Gasteiger partial charge in [-0.05, 0) is 32.5 Å². The second kappa shape index (κ2) is 4.96. The van der Waals surface area contributed by atoms with E-state index in [2.05, 4.69) is 46.2 Å². The van der Waals surface area contributed by atoms with Crippen molar-refractivity contribution in [1.29, 1.82) is 0 Å². The summed E-state index contributed by atoms with van der Waals surface area (Å²) in [5.74, 6) is 0.794. The standard InChI is InChI=1S/C11H10N10O/c22-8(10-15-19-20-16-10)4-6-2-1-3-21-5-7(12-11(6)21)9-13-17-18-14-9/h1-3,5,8,22H,4H2,(H,13,14,17,18)(H,15,16,19,20). The van der Waals surface area contributed by atoms with Crippen LogP contribution in [-0.4, -0.2) is 55.7 Å². The predicted molar refractivity (Wildman–Crippen MR) is 71.2 cm³/mol. The average molecular weight is 298 g/mol. The Labute approximate surface area is 122 Å². The van der Waals surface area contributed by atoms with Crippen LogP contribution in [0.4, 0.5) is 0 Å². The number of aliphatic hydroxyl groups excluding tert-OH is 1. The molecule has 0 aliphatic heterocycles. The van der Waals surface area contributed by atoms with Crippen LogP contribution in [0, 0.1) is 0 Å². The van der Waals surface area contributed by atoms with Gasteiger partial charge in [0.2, 0.25) is 0 Å². The molecule has 0 spiro atoms. The Morgan fingerprint density at radius 3 is 2.82 bits per heavy atom. The Morgan fingerprint density at radius 1 is 1.18 bits per heavy atom. The molecule has 0 amide bonds. The van der Waals surface area contributed by atoms with Gasteiger partial charge in [0.05, 0.1) is 0 Å². The first-order valence-electron chi connectivity index (χ1n) is 6.43. The van der Waals surface area contributed by atoms with Gasteiger partial charge in [-0.3, -0.25) is 0 Å². The lowest BCUT2D eigenvalue weighted by atomic mass is 10.1. The number of hydrogen-bond donors (Lipinski definition) is 3. The maximum atomic E-state index is 10.2. The largest absolute Gasteiger partial charge is 0.385 e. The zero-order valence-electron chi connectivity index (χ0n) is 11.1. The molecule has 0 bridgehead atoms. The van der Waals surface area contributed by atoms with Gasteiger partial charge in [-0.2, -0.15) is 0 Å². The fourth-order valence-electron chi connectivity index (χ4n) is 2.23. The molecule has 1 atom stereocenters. The number of aromatic nitrogens is 10. The Hall–Kier alpha value is -3.21. The van der Waals surface area contributed by atoms with Crippen LogP contribution in [0.15, 0.2) is 24.5 Å². The fourth-order valence-corrected chi connectivity index (χ4v) is 2.23. The van der Waals surface area contributed by atoms with E-state index in [0.29, 0.717) is 29.4 Å². The molecule has 0 fully saturated rings. The minimum atomic E-state index is -0.840. The van der Waals surface area contributed by atoms with Gasteiger partial charge in [-0.1, -0.05) is 6.07 Å². The smallest absolute Gasteiger partial charge is 0.199 e. The predicted octanol–water partition coefficient (Wildman–Crippen LogP) is -0.696. The normalized spacial score (nSPS) is 12.8. The molecule has 11 heteroatoms. The van der Waals surface area contributed by atoms with Crippen molar-refractivity contribution in [2.75, 3.05) is 0 Å². The third kappa shape index (κ3) is 2.09. The Balaban J connectivity index is 1.72. The minimum absolute atomic E-state index is 0.313. The quantitative estimate of drug-likeness (QED) is 0.448. The molecule has 4 aromatic heterocycles. The third-order valence-electron chi connectivity index (χ3n) is 3.24. The first-order chi connectivity index (χ1) is 10.8. The van der Waals surface area contributed by atoms with Crippen LogP contribution in [0.25, 0.3) is 17.2 Å². The molecular formula is C11H10N10O. The zero-order chi connectivity index (χ0) is 14.9. The molecule has 0 aliphatic rings. The summed E-state index contributed by atoms with van der Waals surface area (Å²) in [5, 5.41) is 36.9. The molecule has 22 heavy (non-hydrogen) atoms. The molecule has 0 saturated heterocycles. The van der Waals surface area contributed by atoms with Crippen LogP contribution in [0.3, 0.4) is 0 Å². The Bertz CT molecular complexity index is 881. The van der Waals surface area contributed by atoms with Gasteiger partial charge < -0.3 is 9.51 Å². The number of nitrogens with zero attached hydrogens (tertiary/aromatic N) is 8. The van der Waals surface area contributed by atoms with Gasteiger partial charge >= 0.3 is 0 Å². The minimum Gasteiger partial charge on any atom is -0.385 e. The SMILES string of the molecule is OC(Cc1cccn2cc(-c3nnn[nH]3)nc12)c1nnn[nH]1. The highest BCUT2D eigenvalue weighted by atomic mass is 16.3. The molecule has 4 aromatic rings. The van der Waals surface area contributed by atoms with Gasteiger partial charge in [0.1, 0.15) is 17.4 Å². The van der Waals surface area contributed by atoms with Crippen molar-refractivity contribution < 1.29 is 5.11 Å². The summed E-state index contributed by atoms with van der Waals surface area (Å²) >= 11 is 0. The highest BCUT2D eigenvalue weighted by Gasteiger charge is 2.16. The summed E-state index contributed by atoms with van der Waals surface area (Å²) in [6.07, 6.45) is 3.16. The van der Waals surface area contributed by atoms with Crippen LogP contribution in [0.1, 0.15) is 17.5 Å². The van der Waals surface area contributed by atoms with Crippen molar-refractivity contribution >= 4 is 5.65 Å². The fraction of sp³-hybridized carbons (Fsp3) is 0.182. The summed E-state index contributed by atoms with van der Waals surface area (Å²) in [7, 11) is 0. The summed E-state index contributed by atoms with van der Waals surface area (Å²) in [6, 6.07) is 3.76. The van der Waals surface area contributed by atoms with E-state index in [1.165, 1.54) is 0 Å². The van der Waals surface area contributed by atoms with Crippen molar-refractivity contribution in [3.05, 3.63) is 35.9 Å². The van der Waals surface area contributed by atoms with Crippen molar-refractivity contribution in [3.8, 4) is 11.5 Å². The first-order valence-corrected chi connectivity index (χ1v) is 6.43. The molecule has 3 N–H and O–H groups in total. The van der Waals surface area contributed by atoms with E-state index in [9.17, 15) is 5.11 Å². The Morgan fingerprint density at radius 2 is 2.05 bits per heavy atom. The number of rotatable bonds is 4. The van der Waals surface area contributed by atoms with Gasteiger partial charge in [-0.15, -0.1) is 10.2 Å². The monoisotopic (exact) mass is 298 g/mol. The maximum Gasteiger partial charge on any atom is 0.199 e. The van der Waals surface area contributed by atoms with Crippen LogP contribution in [0.2, 0.25) is 0 Å². The number of fused-ring (bicyclic) bond motifs is 1. The molecule has 1 unspecified atom stereocenters. The number of pyridine rings is 1. The van der Waals surface area contributed by atoms with Crippen molar-refractivity contribution in [2.45, 2.75) is 12.5 Å². The van der Waals surface area contributed by atoms with E-state index < -0.39 is 6.10 Å². The molecule has 4 heterocycles. The number of aromatic amines is 2. The number of hydrogen-bond acceptors (Lipinski definition) is 8. The van der Waals surface area contributed by atoms with Crippen LogP contribution in [0.5, 0.6) is 0 Å². The van der Waals surface area contributed by atoms with Crippen molar-refractivity contribution in [3.63, 3.8) is 0 Å². The number of tetrazole rings is 2. The van der Waals surface area contributed by atoms with Crippen LogP contribution < -0.4 is 0 Å². The summed E-state index contributed by atoms with van der Waals surface area (Å²) in [6.45, 7) is 0. The van der Waals surface area contributed by atoms with E-state index in [-0.39, 0.29) is 0 Å². The lowest BCUT2D eigenvalue weighted by molar-refractivity contribution is 0.168. The molecule has 11 nitrogen and oxygen atoms in total. The van der Waals surface area contributed by atoms with E-state index in [4.69, 9.17) is 0 Å². The molecule has 0 saturated carbocycles. The molecule has 0 aromatic carbocycles. The molecule has 0 radical (unpaired) electrons. The van der Waals surface area contributed by atoms with Gasteiger partial charge in [0.15, 0.2) is 11.6 Å². The lowest BCUT2D eigenvalue weighted by Crippen LogP contribution is -2.05.